The summed E-state index contributed by atoms with van der Waals surface area (Å²) in [4.78, 5) is 17.8. The summed E-state index contributed by atoms with van der Waals surface area (Å²) >= 11 is 5.88. The quantitative estimate of drug-likeness (QED) is 0.811. The van der Waals surface area contributed by atoms with Crippen molar-refractivity contribution in [1.82, 2.24) is 9.88 Å². The van der Waals surface area contributed by atoms with Crippen LogP contribution in [0.2, 0.25) is 5.02 Å². The van der Waals surface area contributed by atoms with Crippen molar-refractivity contribution >= 4 is 17.5 Å². The Kier molecular flexibility index (Phi) is 3.44. The molecule has 86 valence electrons. The summed E-state index contributed by atoms with van der Waals surface area (Å²) in [6.45, 7) is 3.55. The summed E-state index contributed by atoms with van der Waals surface area (Å²) in [6, 6.07) is 3.56. The molecule has 1 aromatic rings. The number of carbonyl (C=O) groups is 1. The zero-order chi connectivity index (χ0) is 11.5. The SMILES string of the molecule is CCC1CC(=O)N(Cc2cc(Cl)ccn2)C1. The van der Waals surface area contributed by atoms with Gasteiger partial charge in [0.15, 0.2) is 0 Å². The predicted molar refractivity (Wildman–Crippen MR) is 63.1 cm³/mol. The van der Waals surface area contributed by atoms with E-state index in [-0.39, 0.29) is 5.91 Å². The number of pyridine rings is 1. The van der Waals surface area contributed by atoms with E-state index in [9.17, 15) is 4.79 Å². The normalized spacial score (nSPS) is 20.5. The van der Waals surface area contributed by atoms with E-state index in [2.05, 4.69) is 11.9 Å². The van der Waals surface area contributed by atoms with Crippen LogP contribution in [0.3, 0.4) is 0 Å². The molecule has 1 saturated heterocycles. The Morgan fingerprint density at radius 2 is 2.44 bits per heavy atom. The molecule has 1 aliphatic rings. The summed E-state index contributed by atoms with van der Waals surface area (Å²) in [5, 5.41) is 0.670. The minimum atomic E-state index is 0.230. The lowest BCUT2D eigenvalue weighted by Gasteiger charge is -2.15. The van der Waals surface area contributed by atoms with E-state index in [0.29, 0.717) is 23.9 Å². The van der Waals surface area contributed by atoms with Crippen molar-refractivity contribution in [2.24, 2.45) is 5.92 Å². The van der Waals surface area contributed by atoms with Gasteiger partial charge in [0.25, 0.3) is 0 Å². The average molecular weight is 239 g/mol. The Balaban J connectivity index is 2.03. The number of nitrogens with zero attached hydrogens (tertiary/aromatic N) is 2. The molecule has 0 radical (unpaired) electrons. The van der Waals surface area contributed by atoms with Crippen molar-refractivity contribution in [1.29, 1.82) is 0 Å². The molecule has 2 heterocycles. The van der Waals surface area contributed by atoms with Gasteiger partial charge in [0.1, 0.15) is 0 Å². The molecule has 0 saturated carbocycles. The van der Waals surface area contributed by atoms with Gasteiger partial charge in [-0.2, -0.15) is 0 Å². The van der Waals surface area contributed by atoms with Crippen LogP contribution in [0.15, 0.2) is 18.3 Å². The first-order valence-electron chi connectivity index (χ1n) is 5.57. The number of likely N-dealkylation sites (tertiary alicyclic amines) is 1. The van der Waals surface area contributed by atoms with Crippen LogP contribution in [0.4, 0.5) is 0 Å². The van der Waals surface area contributed by atoms with E-state index in [0.717, 1.165) is 18.7 Å². The molecule has 1 aliphatic heterocycles. The highest BCUT2D eigenvalue weighted by Crippen LogP contribution is 2.22. The lowest BCUT2D eigenvalue weighted by molar-refractivity contribution is -0.128. The topological polar surface area (TPSA) is 33.2 Å². The fourth-order valence-corrected chi connectivity index (χ4v) is 2.19. The van der Waals surface area contributed by atoms with Crippen LogP contribution < -0.4 is 0 Å². The second-order valence-corrected chi connectivity index (χ2v) is 4.65. The minimum Gasteiger partial charge on any atom is -0.336 e. The van der Waals surface area contributed by atoms with Crippen molar-refractivity contribution in [3.63, 3.8) is 0 Å². The van der Waals surface area contributed by atoms with E-state index in [1.54, 1.807) is 12.3 Å². The lowest BCUT2D eigenvalue weighted by atomic mass is 10.1. The molecule has 0 bridgehead atoms. The molecule has 16 heavy (non-hydrogen) atoms. The van der Waals surface area contributed by atoms with Crippen molar-refractivity contribution < 1.29 is 4.79 Å². The lowest BCUT2D eigenvalue weighted by Crippen LogP contribution is -2.25. The minimum absolute atomic E-state index is 0.230. The molecular weight excluding hydrogens is 224 g/mol. The van der Waals surface area contributed by atoms with Gasteiger partial charge in [0.05, 0.1) is 12.2 Å². The van der Waals surface area contributed by atoms with Gasteiger partial charge >= 0.3 is 0 Å². The Morgan fingerprint density at radius 3 is 3.06 bits per heavy atom. The van der Waals surface area contributed by atoms with Gasteiger partial charge in [-0.1, -0.05) is 24.9 Å². The van der Waals surface area contributed by atoms with Crippen LogP contribution in [0.5, 0.6) is 0 Å². The third kappa shape index (κ3) is 2.53. The van der Waals surface area contributed by atoms with E-state index in [1.165, 1.54) is 0 Å². The van der Waals surface area contributed by atoms with Crippen LogP contribution in [0.1, 0.15) is 25.5 Å². The highest BCUT2D eigenvalue weighted by Gasteiger charge is 2.28. The molecule has 0 spiro atoms. The highest BCUT2D eigenvalue weighted by atomic mass is 35.5. The Labute approximate surface area is 100 Å². The number of hydrogen-bond acceptors (Lipinski definition) is 2. The molecule has 1 unspecified atom stereocenters. The van der Waals surface area contributed by atoms with Crippen LogP contribution in [0, 0.1) is 5.92 Å². The summed E-state index contributed by atoms with van der Waals surface area (Å²) < 4.78 is 0. The summed E-state index contributed by atoms with van der Waals surface area (Å²) in [5.74, 6) is 0.736. The third-order valence-electron chi connectivity index (χ3n) is 3.00. The maximum absolute atomic E-state index is 11.7. The van der Waals surface area contributed by atoms with Gasteiger partial charge in [-0.05, 0) is 18.1 Å². The van der Waals surface area contributed by atoms with E-state index < -0.39 is 0 Å². The molecule has 4 heteroatoms. The van der Waals surface area contributed by atoms with Crippen LogP contribution >= 0.6 is 11.6 Å². The molecule has 1 atom stereocenters. The van der Waals surface area contributed by atoms with Gasteiger partial charge in [-0.25, -0.2) is 0 Å². The Hall–Kier alpha value is -1.09. The molecule has 0 aromatic carbocycles. The van der Waals surface area contributed by atoms with Gasteiger partial charge in [0.2, 0.25) is 5.91 Å². The fraction of sp³-hybridized carbons (Fsp3) is 0.500. The number of amides is 1. The van der Waals surface area contributed by atoms with Gasteiger partial charge in [0, 0.05) is 24.2 Å². The largest absolute Gasteiger partial charge is 0.336 e. The zero-order valence-corrected chi connectivity index (χ0v) is 10.1. The van der Waals surface area contributed by atoms with E-state index in [4.69, 9.17) is 11.6 Å². The molecule has 2 rings (SSSR count). The first kappa shape index (κ1) is 11.4. The fourth-order valence-electron chi connectivity index (χ4n) is 2.01. The summed E-state index contributed by atoms with van der Waals surface area (Å²) in [6.07, 6.45) is 3.41. The molecule has 0 N–H and O–H groups in total. The maximum Gasteiger partial charge on any atom is 0.223 e. The first-order valence-corrected chi connectivity index (χ1v) is 5.95. The monoisotopic (exact) mass is 238 g/mol. The molecule has 1 fully saturated rings. The van der Waals surface area contributed by atoms with Crippen molar-refractivity contribution in [2.45, 2.75) is 26.3 Å². The second-order valence-electron chi connectivity index (χ2n) is 4.22. The standard InChI is InChI=1S/C12H15ClN2O/c1-2-9-5-12(16)15(7-9)8-11-6-10(13)3-4-14-11/h3-4,6,9H,2,5,7-8H2,1H3. The molecule has 0 aliphatic carbocycles. The third-order valence-corrected chi connectivity index (χ3v) is 3.24. The molecule has 1 aromatic heterocycles. The number of hydrogen-bond donors (Lipinski definition) is 0. The Bertz CT molecular complexity index is 394. The van der Waals surface area contributed by atoms with Crippen LogP contribution in [0.25, 0.3) is 0 Å². The Morgan fingerprint density at radius 1 is 1.62 bits per heavy atom. The zero-order valence-electron chi connectivity index (χ0n) is 9.32. The van der Waals surface area contributed by atoms with E-state index in [1.807, 2.05) is 11.0 Å². The van der Waals surface area contributed by atoms with Crippen molar-refractivity contribution in [2.75, 3.05) is 6.54 Å². The number of halogens is 1. The molecule has 1 amide bonds. The van der Waals surface area contributed by atoms with E-state index >= 15 is 0 Å². The number of carbonyl (C=O) groups excluding carboxylic acids is 1. The van der Waals surface area contributed by atoms with Gasteiger partial charge in [-0.3, -0.25) is 9.78 Å². The predicted octanol–water partition coefficient (Wildman–Crippen LogP) is 2.49. The highest BCUT2D eigenvalue weighted by molar-refractivity contribution is 6.30. The second kappa shape index (κ2) is 4.83. The van der Waals surface area contributed by atoms with Crippen molar-refractivity contribution in [3.8, 4) is 0 Å². The maximum atomic E-state index is 11.7. The van der Waals surface area contributed by atoms with Gasteiger partial charge < -0.3 is 4.90 Å². The van der Waals surface area contributed by atoms with Crippen LogP contribution in [-0.4, -0.2) is 22.3 Å². The molecule has 3 nitrogen and oxygen atoms in total. The van der Waals surface area contributed by atoms with Crippen LogP contribution in [-0.2, 0) is 11.3 Å². The number of aromatic nitrogens is 1. The smallest absolute Gasteiger partial charge is 0.223 e. The van der Waals surface area contributed by atoms with Gasteiger partial charge in [-0.15, -0.1) is 0 Å². The molecular formula is C12H15ClN2O. The average Bonchev–Trinajstić information content (AvgIpc) is 2.60. The first-order chi connectivity index (χ1) is 7.69. The van der Waals surface area contributed by atoms with Crippen molar-refractivity contribution in [3.05, 3.63) is 29.0 Å². The number of rotatable bonds is 3. The summed E-state index contributed by atoms with van der Waals surface area (Å²) in [7, 11) is 0. The summed E-state index contributed by atoms with van der Waals surface area (Å²) in [5.41, 5.74) is 0.859.